The van der Waals surface area contributed by atoms with Gasteiger partial charge in [-0.05, 0) is 100 Å². The predicted octanol–water partition coefficient (Wildman–Crippen LogP) is 14.4. The second-order valence-corrected chi connectivity index (χ2v) is 12.9. The molecular formula is C50H30O. The zero-order valence-corrected chi connectivity index (χ0v) is 27.1. The molecule has 1 nitrogen and oxygen atoms in total. The summed E-state index contributed by atoms with van der Waals surface area (Å²) in [5.74, 6) is 0. The Morgan fingerprint density at radius 3 is 1.69 bits per heavy atom. The molecule has 0 unspecified atom stereocenters. The van der Waals surface area contributed by atoms with Crippen molar-refractivity contribution in [3.63, 3.8) is 0 Å². The number of furan rings is 1. The van der Waals surface area contributed by atoms with E-state index in [4.69, 9.17) is 9.90 Å². The van der Waals surface area contributed by atoms with Gasteiger partial charge in [-0.2, -0.15) is 0 Å². The molecule has 0 saturated heterocycles. The number of hydrogen-bond acceptors (Lipinski definition) is 1. The highest BCUT2D eigenvalue weighted by molar-refractivity contribution is 6.29. The first kappa shape index (κ1) is 21.4. The van der Waals surface area contributed by atoms with Crippen molar-refractivity contribution in [1.29, 1.82) is 0 Å². The first-order valence-electron chi connectivity index (χ1n) is 20.9. The van der Waals surface area contributed by atoms with Crippen molar-refractivity contribution in [2.24, 2.45) is 0 Å². The van der Waals surface area contributed by atoms with Crippen LogP contribution in [0.5, 0.6) is 0 Å². The van der Waals surface area contributed by atoms with Gasteiger partial charge in [0.25, 0.3) is 0 Å². The third-order valence-electron chi connectivity index (χ3n) is 10.3. The first-order valence-corrected chi connectivity index (χ1v) is 16.9. The molecule has 0 bridgehead atoms. The molecule has 236 valence electrons. The molecule has 51 heavy (non-hydrogen) atoms. The van der Waals surface area contributed by atoms with Gasteiger partial charge in [0.15, 0.2) is 0 Å². The van der Waals surface area contributed by atoms with E-state index >= 15 is 0 Å². The molecule has 0 radical (unpaired) electrons. The van der Waals surface area contributed by atoms with Gasteiger partial charge in [0.2, 0.25) is 0 Å². The molecule has 11 rings (SSSR count). The van der Waals surface area contributed by atoms with Crippen LogP contribution in [0.1, 0.15) is 11.0 Å². The van der Waals surface area contributed by atoms with Gasteiger partial charge in [-0.15, -0.1) is 0 Å². The Hall–Kier alpha value is -6.70. The van der Waals surface area contributed by atoms with Crippen molar-refractivity contribution in [2.45, 2.75) is 0 Å². The van der Waals surface area contributed by atoms with Gasteiger partial charge in [0, 0.05) is 16.2 Å². The van der Waals surface area contributed by atoms with Crippen molar-refractivity contribution >= 4 is 75.8 Å². The monoisotopic (exact) mass is 654 g/mol. The van der Waals surface area contributed by atoms with E-state index in [0.717, 1.165) is 48.8 Å². The molecule has 0 N–H and O–H groups in total. The largest absolute Gasteiger partial charge is 0.455 e. The smallest absolute Gasteiger partial charge is 0.143 e. The van der Waals surface area contributed by atoms with Crippen LogP contribution in [0.2, 0.25) is 0 Å². The Kier molecular flexibility index (Phi) is 4.57. The molecule has 0 fully saturated rings. The van der Waals surface area contributed by atoms with E-state index in [2.05, 4.69) is 6.07 Å². The molecule has 0 amide bonds. The molecule has 0 aliphatic rings. The van der Waals surface area contributed by atoms with E-state index in [-0.39, 0.29) is 51.3 Å². The standard InChI is InChI=1S/C50H30O/c1-2-14-31(15-3-1)33-24-12-25-36-35-18-6-7-19-37(35)45(30-44(33)36)48-40-22-10-8-20-38(40)47(39-21-9-11-23-41(39)48)42-26-13-27-46-49(42)43-29-28-32-16-4-5-17-34(32)50(43)51-46/h1-30H/i8D,9D,10D,11D,20D,21D,22D,23D. The summed E-state index contributed by atoms with van der Waals surface area (Å²) in [6.07, 6.45) is 0. The molecule has 1 aromatic heterocycles. The number of rotatable bonds is 3. The number of benzene rings is 10. The maximum Gasteiger partial charge on any atom is 0.143 e. The van der Waals surface area contributed by atoms with Crippen LogP contribution in [-0.4, -0.2) is 0 Å². The second-order valence-electron chi connectivity index (χ2n) is 12.9. The van der Waals surface area contributed by atoms with Crippen molar-refractivity contribution in [3.8, 4) is 33.4 Å². The maximum absolute atomic E-state index is 9.67. The van der Waals surface area contributed by atoms with Crippen LogP contribution in [0.4, 0.5) is 0 Å². The third-order valence-corrected chi connectivity index (χ3v) is 10.3. The lowest BCUT2D eigenvalue weighted by molar-refractivity contribution is 0.673. The topological polar surface area (TPSA) is 13.1 Å². The van der Waals surface area contributed by atoms with Crippen LogP contribution in [0.3, 0.4) is 0 Å². The minimum Gasteiger partial charge on any atom is -0.455 e. The van der Waals surface area contributed by atoms with E-state index in [1.54, 1.807) is 0 Å². The summed E-state index contributed by atoms with van der Waals surface area (Å²) in [4.78, 5) is 0. The summed E-state index contributed by atoms with van der Waals surface area (Å²) in [5, 5.41) is 7.52. The van der Waals surface area contributed by atoms with E-state index < -0.39 is 24.2 Å². The van der Waals surface area contributed by atoms with Gasteiger partial charge < -0.3 is 4.42 Å². The van der Waals surface area contributed by atoms with Crippen molar-refractivity contribution in [3.05, 3.63) is 182 Å². The van der Waals surface area contributed by atoms with E-state index in [0.29, 0.717) is 33.2 Å². The average Bonchev–Trinajstić information content (AvgIpc) is 3.67. The van der Waals surface area contributed by atoms with E-state index in [9.17, 15) is 5.48 Å². The highest BCUT2D eigenvalue weighted by atomic mass is 16.3. The highest BCUT2D eigenvalue weighted by Crippen LogP contribution is 2.49. The fraction of sp³-hybridized carbons (Fsp3) is 0. The van der Waals surface area contributed by atoms with E-state index in [1.165, 1.54) is 0 Å². The van der Waals surface area contributed by atoms with Crippen LogP contribution in [0, 0.1) is 0 Å². The lowest BCUT2D eigenvalue weighted by Crippen LogP contribution is -1.93. The molecule has 0 aliphatic heterocycles. The summed E-state index contributed by atoms with van der Waals surface area (Å²) in [7, 11) is 0. The number of hydrogen-bond donors (Lipinski definition) is 0. The lowest BCUT2D eigenvalue weighted by atomic mass is 9.82. The molecule has 0 saturated carbocycles. The highest BCUT2D eigenvalue weighted by Gasteiger charge is 2.22. The Morgan fingerprint density at radius 2 is 0.941 bits per heavy atom. The second kappa shape index (κ2) is 10.9. The maximum atomic E-state index is 9.67. The Morgan fingerprint density at radius 1 is 0.373 bits per heavy atom. The normalized spacial score (nSPS) is 14.1. The van der Waals surface area contributed by atoms with Crippen LogP contribution in [0.15, 0.2) is 186 Å². The average molecular weight is 655 g/mol. The molecule has 10 aromatic carbocycles. The molecule has 0 aliphatic carbocycles. The summed E-state index contributed by atoms with van der Waals surface area (Å²) < 4.78 is 81.4. The van der Waals surface area contributed by atoms with E-state index in [1.807, 2.05) is 127 Å². The fourth-order valence-corrected chi connectivity index (χ4v) is 8.13. The van der Waals surface area contributed by atoms with Gasteiger partial charge in [-0.1, -0.05) is 164 Å². The fourth-order valence-electron chi connectivity index (χ4n) is 8.13. The molecule has 0 spiro atoms. The minimum atomic E-state index is -0.445. The SMILES string of the molecule is [2H]c1c([2H])c([2H])c2c(-c3cccc4oc5c6ccccc6ccc5c34)c3c([2H])c([2H])c([2H])c([2H])c3c(-c3cc4c(-c5ccccc5)cccc4c4ccccc34)c2c1[2H]. The predicted molar refractivity (Wildman–Crippen MR) is 218 cm³/mol. The lowest BCUT2D eigenvalue weighted by Gasteiger charge is -2.20. The van der Waals surface area contributed by atoms with Crippen LogP contribution >= 0.6 is 0 Å². The number of fused-ring (bicyclic) bond motifs is 10. The molecule has 1 heteroatoms. The summed E-state index contributed by atoms with van der Waals surface area (Å²) >= 11 is 0. The van der Waals surface area contributed by atoms with Gasteiger partial charge in [-0.3, -0.25) is 0 Å². The van der Waals surface area contributed by atoms with Crippen LogP contribution in [-0.2, 0) is 0 Å². The van der Waals surface area contributed by atoms with Gasteiger partial charge in [0.1, 0.15) is 11.2 Å². The van der Waals surface area contributed by atoms with Crippen molar-refractivity contribution in [2.75, 3.05) is 0 Å². The van der Waals surface area contributed by atoms with Gasteiger partial charge in [0.05, 0.1) is 11.0 Å². The molecule has 0 atom stereocenters. The van der Waals surface area contributed by atoms with Gasteiger partial charge in [-0.25, -0.2) is 0 Å². The zero-order chi connectivity index (χ0) is 40.4. The van der Waals surface area contributed by atoms with Crippen molar-refractivity contribution in [1.82, 2.24) is 0 Å². The summed E-state index contributed by atoms with van der Waals surface area (Å²) in [6, 6.07) is 40.4. The zero-order valence-electron chi connectivity index (χ0n) is 35.1. The summed E-state index contributed by atoms with van der Waals surface area (Å²) in [5.41, 5.74) is 4.85. The Bertz CT molecular complexity index is 3570. The summed E-state index contributed by atoms with van der Waals surface area (Å²) in [6.45, 7) is 0. The van der Waals surface area contributed by atoms with Crippen molar-refractivity contribution < 1.29 is 15.4 Å². The Labute approximate surface area is 305 Å². The molecule has 11 aromatic rings. The quantitative estimate of drug-likeness (QED) is 0.136. The van der Waals surface area contributed by atoms with Gasteiger partial charge >= 0.3 is 0 Å². The van der Waals surface area contributed by atoms with Crippen LogP contribution in [0.25, 0.3) is 109 Å². The molecule has 1 heterocycles. The van der Waals surface area contributed by atoms with Crippen LogP contribution < -0.4 is 0 Å². The first-order chi connectivity index (χ1) is 28.7. The minimum absolute atomic E-state index is 0.159. The molecular weight excluding hydrogens is 617 g/mol. The Balaban J connectivity index is 1.42. The third kappa shape index (κ3) is 4.09.